The smallest absolute Gasteiger partial charge is 0.188 e. The molecule has 0 saturated carbocycles. The van der Waals surface area contributed by atoms with Crippen LogP contribution < -0.4 is 0 Å². The molecule has 0 unspecified atom stereocenters. The maximum absolute atomic E-state index is 10.6. The summed E-state index contributed by atoms with van der Waals surface area (Å²) in [7, 11) is 0. The maximum Gasteiger partial charge on any atom is 0.188 e. The van der Waals surface area contributed by atoms with Gasteiger partial charge in [-0.3, -0.25) is 0 Å². The van der Waals surface area contributed by atoms with E-state index in [0.717, 1.165) is 12.7 Å². The Morgan fingerprint density at radius 1 is 1.42 bits per heavy atom. The molecule has 1 aliphatic carbocycles. The van der Waals surface area contributed by atoms with Gasteiger partial charge in [-0.25, -0.2) is 0 Å². The first-order valence-corrected chi connectivity index (χ1v) is 4.25. The summed E-state index contributed by atoms with van der Waals surface area (Å²) in [5.74, 6) is -0.503. The Bertz CT molecular complexity index is 204. The van der Waals surface area contributed by atoms with Crippen LogP contribution in [0.4, 0.5) is 0 Å². The van der Waals surface area contributed by atoms with Crippen LogP contribution in [0, 0.1) is 5.92 Å². The molecule has 0 aromatic rings. The molecule has 1 aliphatic heterocycles. The zero-order chi connectivity index (χ0) is 8.44. The molecule has 66 valence electrons. The third-order valence-electron chi connectivity index (χ3n) is 2.33. The second-order valence-corrected chi connectivity index (χ2v) is 3.25. The highest BCUT2D eigenvalue weighted by Crippen LogP contribution is 2.33. The molecule has 0 bridgehead atoms. The molecule has 0 radical (unpaired) electrons. The first-order chi connectivity index (χ1) is 5.85. The predicted molar refractivity (Wildman–Crippen MR) is 42.6 cm³/mol. The lowest BCUT2D eigenvalue weighted by Crippen LogP contribution is -2.33. The molecule has 1 heterocycles. The molecule has 1 saturated heterocycles. The topological polar surface area (TPSA) is 35.5 Å². The number of carbonyl (C=O) groups is 1. The van der Waals surface area contributed by atoms with Gasteiger partial charge in [0.25, 0.3) is 0 Å². The third-order valence-corrected chi connectivity index (χ3v) is 2.33. The fraction of sp³-hybridized carbons (Fsp3) is 0.667. The van der Waals surface area contributed by atoms with Crippen molar-refractivity contribution >= 4 is 6.29 Å². The Labute approximate surface area is 71.3 Å². The van der Waals surface area contributed by atoms with Gasteiger partial charge in [0.15, 0.2) is 5.79 Å². The number of ether oxygens (including phenoxy) is 2. The highest BCUT2D eigenvalue weighted by molar-refractivity contribution is 5.54. The zero-order valence-electron chi connectivity index (χ0n) is 6.86. The summed E-state index contributed by atoms with van der Waals surface area (Å²) in [4.78, 5) is 10.6. The average Bonchev–Trinajstić information content (AvgIpc) is 2.53. The Morgan fingerprint density at radius 2 is 2.17 bits per heavy atom. The van der Waals surface area contributed by atoms with Crippen molar-refractivity contribution in [1.29, 1.82) is 0 Å². The zero-order valence-corrected chi connectivity index (χ0v) is 6.86. The molecule has 1 spiro atoms. The lowest BCUT2D eigenvalue weighted by atomic mass is 9.91. The van der Waals surface area contributed by atoms with E-state index in [0.29, 0.717) is 19.6 Å². The summed E-state index contributed by atoms with van der Waals surface area (Å²) in [6, 6.07) is 0. The number of aldehydes is 1. The molecule has 0 N–H and O–H groups in total. The van der Waals surface area contributed by atoms with Crippen LogP contribution in [0.3, 0.4) is 0 Å². The van der Waals surface area contributed by atoms with E-state index in [4.69, 9.17) is 9.47 Å². The summed E-state index contributed by atoms with van der Waals surface area (Å²) in [6.45, 7) is 1.27. The van der Waals surface area contributed by atoms with Crippen LogP contribution in [0.5, 0.6) is 0 Å². The van der Waals surface area contributed by atoms with E-state index in [2.05, 4.69) is 0 Å². The lowest BCUT2D eigenvalue weighted by molar-refractivity contribution is -0.140. The van der Waals surface area contributed by atoms with Crippen molar-refractivity contribution in [1.82, 2.24) is 0 Å². The normalized spacial score (nSPS) is 32.5. The number of hydrogen-bond acceptors (Lipinski definition) is 3. The van der Waals surface area contributed by atoms with Crippen LogP contribution in [0.25, 0.3) is 0 Å². The van der Waals surface area contributed by atoms with Crippen LogP contribution in [-0.4, -0.2) is 25.3 Å². The molecule has 1 atom stereocenters. The summed E-state index contributed by atoms with van der Waals surface area (Å²) in [5, 5.41) is 0. The van der Waals surface area contributed by atoms with E-state index in [9.17, 15) is 4.79 Å². The minimum absolute atomic E-state index is 0.0631. The van der Waals surface area contributed by atoms with Crippen molar-refractivity contribution < 1.29 is 14.3 Å². The van der Waals surface area contributed by atoms with E-state index in [1.165, 1.54) is 0 Å². The second-order valence-electron chi connectivity index (χ2n) is 3.25. The largest absolute Gasteiger partial charge is 0.344 e. The van der Waals surface area contributed by atoms with Gasteiger partial charge in [0.05, 0.1) is 13.2 Å². The van der Waals surface area contributed by atoms with Crippen LogP contribution in [-0.2, 0) is 14.3 Å². The molecule has 2 rings (SSSR count). The number of hydrogen-bond donors (Lipinski definition) is 0. The van der Waals surface area contributed by atoms with Crippen LogP contribution in [0.1, 0.15) is 12.8 Å². The van der Waals surface area contributed by atoms with Gasteiger partial charge >= 0.3 is 0 Å². The first kappa shape index (κ1) is 7.95. The Balaban J connectivity index is 2.11. The highest BCUT2D eigenvalue weighted by Gasteiger charge is 2.38. The summed E-state index contributed by atoms with van der Waals surface area (Å²) in [5.41, 5.74) is 0. The molecule has 1 fully saturated rings. The Kier molecular flexibility index (Phi) is 1.98. The molecule has 0 aromatic heterocycles. The van der Waals surface area contributed by atoms with Gasteiger partial charge in [0.1, 0.15) is 6.29 Å². The second kappa shape index (κ2) is 2.99. The molecule has 0 aromatic carbocycles. The minimum Gasteiger partial charge on any atom is -0.344 e. The van der Waals surface area contributed by atoms with Gasteiger partial charge in [0, 0.05) is 12.3 Å². The molecule has 2 aliphatic rings. The lowest BCUT2D eigenvalue weighted by Gasteiger charge is -2.29. The molecular weight excluding hydrogens is 156 g/mol. The average molecular weight is 168 g/mol. The standard InChI is InChI=1S/C9H12O3/c10-7-8-2-1-3-9(6-8)11-4-5-12-9/h1,3,7-8H,2,4-6H2/t8-/m1/s1. The monoisotopic (exact) mass is 168 g/mol. The van der Waals surface area contributed by atoms with Crippen molar-refractivity contribution in [3.05, 3.63) is 12.2 Å². The van der Waals surface area contributed by atoms with Gasteiger partial charge in [0.2, 0.25) is 0 Å². The van der Waals surface area contributed by atoms with Gasteiger partial charge in [-0.15, -0.1) is 0 Å². The molecule has 3 heteroatoms. The number of rotatable bonds is 1. The summed E-state index contributed by atoms with van der Waals surface area (Å²) >= 11 is 0. The van der Waals surface area contributed by atoms with Gasteiger partial charge in [-0.05, 0) is 12.5 Å². The fourth-order valence-electron chi connectivity index (χ4n) is 1.73. The summed E-state index contributed by atoms with van der Waals surface area (Å²) < 4.78 is 10.9. The van der Waals surface area contributed by atoms with Gasteiger partial charge in [-0.1, -0.05) is 6.08 Å². The molecular formula is C9H12O3. The fourth-order valence-corrected chi connectivity index (χ4v) is 1.73. The van der Waals surface area contributed by atoms with Crippen molar-refractivity contribution in [3.63, 3.8) is 0 Å². The quantitative estimate of drug-likeness (QED) is 0.431. The Hall–Kier alpha value is -0.670. The SMILES string of the molecule is O=C[C@@H]1CC=CC2(C1)OCCO2. The van der Waals surface area contributed by atoms with Crippen molar-refractivity contribution in [2.24, 2.45) is 5.92 Å². The summed E-state index contributed by atoms with van der Waals surface area (Å²) in [6.07, 6.45) is 6.37. The van der Waals surface area contributed by atoms with E-state index < -0.39 is 5.79 Å². The maximum atomic E-state index is 10.6. The third kappa shape index (κ3) is 1.30. The van der Waals surface area contributed by atoms with E-state index >= 15 is 0 Å². The van der Waals surface area contributed by atoms with Crippen molar-refractivity contribution in [3.8, 4) is 0 Å². The van der Waals surface area contributed by atoms with Crippen LogP contribution in [0.2, 0.25) is 0 Å². The molecule has 12 heavy (non-hydrogen) atoms. The first-order valence-electron chi connectivity index (χ1n) is 4.25. The van der Waals surface area contributed by atoms with E-state index in [1.807, 2.05) is 12.2 Å². The van der Waals surface area contributed by atoms with Crippen molar-refractivity contribution in [2.75, 3.05) is 13.2 Å². The van der Waals surface area contributed by atoms with E-state index in [-0.39, 0.29) is 5.92 Å². The van der Waals surface area contributed by atoms with Crippen LogP contribution in [0.15, 0.2) is 12.2 Å². The number of allylic oxidation sites excluding steroid dienone is 1. The van der Waals surface area contributed by atoms with Crippen molar-refractivity contribution in [2.45, 2.75) is 18.6 Å². The number of carbonyl (C=O) groups excluding carboxylic acids is 1. The predicted octanol–water partition coefficient (Wildman–Crippen LogP) is 0.895. The Morgan fingerprint density at radius 3 is 2.83 bits per heavy atom. The van der Waals surface area contributed by atoms with Crippen LogP contribution >= 0.6 is 0 Å². The highest BCUT2D eigenvalue weighted by atomic mass is 16.7. The van der Waals surface area contributed by atoms with Gasteiger partial charge in [-0.2, -0.15) is 0 Å². The molecule has 0 amide bonds. The minimum atomic E-state index is -0.566. The molecule has 3 nitrogen and oxygen atoms in total. The van der Waals surface area contributed by atoms with Gasteiger partial charge < -0.3 is 14.3 Å². The van der Waals surface area contributed by atoms with E-state index in [1.54, 1.807) is 0 Å².